The minimum absolute atomic E-state index is 0.975. The van der Waals surface area contributed by atoms with Crippen LogP contribution in [0.25, 0.3) is 33.4 Å². The summed E-state index contributed by atoms with van der Waals surface area (Å²) in [6, 6.07) is 24.4. The fourth-order valence-corrected chi connectivity index (χ4v) is 5.66. The molecule has 5 rings (SSSR count). The Morgan fingerprint density at radius 3 is 1.68 bits per heavy atom. The second-order valence-corrected chi connectivity index (χ2v) is 9.38. The maximum atomic E-state index is 3.62. The lowest BCUT2D eigenvalue weighted by atomic mass is 9.90. The van der Waals surface area contributed by atoms with Gasteiger partial charge in [0.15, 0.2) is 0 Å². The molecule has 0 N–H and O–H groups in total. The zero-order valence-electron chi connectivity index (χ0n) is 19.4. The first kappa shape index (κ1) is 19.8. The molecule has 0 atom stereocenters. The average Bonchev–Trinajstić information content (AvgIpc) is 3.04. The summed E-state index contributed by atoms with van der Waals surface area (Å²) in [4.78, 5) is 0. The van der Waals surface area contributed by atoms with E-state index in [1.54, 1.807) is 0 Å². The van der Waals surface area contributed by atoms with Crippen molar-refractivity contribution in [1.29, 1.82) is 0 Å². The van der Waals surface area contributed by atoms with E-state index in [-0.39, 0.29) is 0 Å². The Labute approximate surface area is 186 Å². The van der Waals surface area contributed by atoms with E-state index in [0.717, 1.165) is 6.42 Å². The maximum Gasteiger partial charge on any atom is -0.000727 e. The second kappa shape index (κ2) is 7.24. The highest BCUT2D eigenvalue weighted by Crippen LogP contribution is 2.42. The summed E-state index contributed by atoms with van der Waals surface area (Å²) in [5.74, 6) is 0. The number of hydrogen-bond donors (Lipinski definition) is 0. The Bertz CT molecular complexity index is 1200. The molecule has 0 aromatic heterocycles. The van der Waals surface area contributed by atoms with Crippen LogP contribution in [0.2, 0.25) is 0 Å². The normalized spacial score (nSPS) is 12.1. The SMILES string of the molecule is Cc1cc(C)c(-c2c[c]c3c(c2)-c2cc(-c4c(C)cc(C)cc4C)ccc2C3)c(C)c1. The molecule has 0 nitrogen and oxygen atoms in total. The van der Waals surface area contributed by atoms with Crippen LogP contribution in [0.1, 0.15) is 44.5 Å². The molecular weight excluding hydrogens is 372 g/mol. The van der Waals surface area contributed by atoms with E-state index in [2.05, 4.69) is 102 Å². The molecule has 0 saturated heterocycles. The molecule has 0 spiro atoms. The van der Waals surface area contributed by atoms with Crippen LogP contribution >= 0.6 is 0 Å². The Morgan fingerprint density at radius 1 is 0.581 bits per heavy atom. The molecule has 4 aromatic carbocycles. The molecule has 0 aliphatic heterocycles. The first-order valence-corrected chi connectivity index (χ1v) is 11.2. The van der Waals surface area contributed by atoms with Gasteiger partial charge in [0, 0.05) is 0 Å². The molecule has 153 valence electrons. The first-order valence-electron chi connectivity index (χ1n) is 11.2. The van der Waals surface area contributed by atoms with Crippen LogP contribution in [0.4, 0.5) is 0 Å². The van der Waals surface area contributed by atoms with Crippen molar-refractivity contribution < 1.29 is 0 Å². The molecule has 1 aliphatic rings. The average molecular weight is 402 g/mol. The zero-order chi connectivity index (χ0) is 21.9. The Hall–Kier alpha value is -3.12. The minimum Gasteiger partial charge on any atom is -0.0575 e. The lowest BCUT2D eigenvalue weighted by Gasteiger charge is -2.14. The van der Waals surface area contributed by atoms with Crippen molar-refractivity contribution in [3.05, 3.63) is 105 Å². The number of benzene rings is 4. The molecule has 0 bridgehead atoms. The predicted octanol–water partition coefficient (Wildman–Crippen LogP) is 8.24. The van der Waals surface area contributed by atoms with E-state index in [9.17, 15) is 0 Å². The smallest absolute Gasteiger partial charge is 0.000727 e. The lowest BCUT2D eigenvalue weighted by molar-refractivity contribution is 1.25. The largest absolute Gasteiger partial charge is 0.0575 e. The summed E-state index contributed by atoms with van der Waals surface area (Å²) in [6.07, 6.45) is 0.975. The fourth-order valence-electron chi connectivity index (χ4n) is 5.66. The predicted molar refractivity (Wildman–Crippen MR) is 133 cm³/mol. The van der Waals surface area contributed by atoms with Gasteiger partial charge in [-0.05, 0) is 139 Å². The van der Waals surface area contributed by atoms with E-state index in [1.807, 2.05) is 0 Å². The van der Waals surface area contributed by atoms with E-state index in [4.69, 9.17) is 0 Å². The van der Waals surface area contributed by atoms with E-state index in [1.165, 1.54) is 77.9 Å². The fraction of sp³-hybridized carbons (Fsp3) is 0.226. The van der Waals surface area contributed by atoms with Gasteiger partial charge >= 0.3 is 0 Å². The Kier molecular flexibility index (Phi) is 4.63. The zero-order valence-corrected chi connectivity index (χ0v) is 19.4. The van der Waals surface area contributed by atoms with Crippen molar-refractivity contribution >= 4 is 0 Å². The summed E-state index contributed by atoms with van der Waals surface area (Å²) in [5, 5.41) is 0. The topological polar surface area (TPSA) is 0 Å². The van der Waals surface area contributed by atoms with Gasteiger partial charge in [-0.15, -0.1) is 0 Å². The molecule has 0 unspecified atom stereocenters. The van der Waals surface area contributed by atoms with Gasteiger partial charge < -0.3 is 0 Å². The van der Waals surface area contributed by atoms with Crippen LogP contribution in [0.3, 0.4) is 0 Å². The van der Waals surface area contributed by atoms with E-state index in [0.29, 0.717) is 0 Å². The van der Waals surface area contributed by atoms with E-state index >= 15 is 0 Å². The molecule has 0 amide bonds. The van der Waals surface area contributed by atoms with Crippen LogP contribution in [0, 0.1) is 47.6 Å². The monoisotopic (exact) mass is 401 g/mol. The van der Waals surface area contributed by atoms with Crippen LogP contribution in [0.5, 0.6) is 0 Å². The number of hydrogen-bond acceptors (Lipinski definition) is 0. The molecule has 0 saturated carbocycles. The van der Waals surface area contributed by atoms with Gasteiger partial charge in [0.1, 0.15) is 0 Å². The van der Waals surface area contributed by atoms with Crippen LogP contribution < -0.4 is 0 Å². The van der Waals surface area contributed by atoms with Crippen molar-refractivity contribution in [2.45, 2.75) is 48.0 Å². The van der Waals surface area contributed by atoms with Crippen molar-refractivity contribution in [3.63, 3.8) is 0 Å². The van der Waals surface area contributed by atoms with Crippen molar-refractivity contribution in [2.75, 3.05) is 0 Å². The highest BCUT2D eigenvalue weighted by atomic mass is 14.2. The van der Waals surface area contributed by atoms with Crippen LogP contribution in [0.15, 0.2) is 54.6 Å². The van der Waals surface area contributed by atoms with Gasteiger partial charge in [-0.25, -0.2) is 0 Å². The quantitative estimate of drug-likeness (QED) is 0.279. The van der Waals surface area contributed by atoms with Crippen LogP contribution in [-0.4, -0.2) is 0 Å². The third-order valence-electron chi connectivity index (χ3n) is 6.73. The van der Waals surface area contributed by atoms with E-state index < -0.39 is 0 Å². The third-order valence-corrected chi connectivity index (χ3v) is 6.73. The van der Waals surface area contributed by atoms with Gasteiger partial charge in [0.2, 0.25) is 0 Å². The molecule has 0 heterocycles. The van der Waals surface area contributed by atoms with Gasteiger partial charge in [-0.2, -0.15) is 0 Å². The number of fused-ring (bicyclic) bond motifs is 3. The molecule has 1 radical (unpaired) electrons. The Morgan fingerprint density at radius 2 is 1.10 bits per heavy atom. The molecule has 31 heavy (non-hydrogen) atoms. The molecule has 0 fully saturated rings. The molecular formula is C31H29. The standard InChI is InChI=1S/C31H29/c1-18-11-20(3)30(21(4)12-18)26-9-7-24-15-25-8-10-27(17-29(25)28(24)16-26)31-22(5)13-19(2)14-23(31)6/h7,9-14,16-17H,15H2,1-6H3. The van der Waals surface area contributed by atoms with Gasteiger partial charge in [0.05, 0.1) is 0 Å². The van der Waals surface area contributed by atoms with Gasteiger partial charge in [0.25, 0.3) is 0 Å². The highest BCUT2D eigenvalue weighted by Gasteiger charge is 2.21. The van der Waals surface area contributed by atoms with Crippen molar-refractivity contribution in [3.8, 4) is 33.4 Å². The number of rotatable bonds is 2. The third kappa shape index (κ3) is 3.31. The summed E-state index contributed by atoms with van der Waals surface area (Å²) < 4.78 is 0. The maximum absolute atomic E-state index is 3.62. The highest BCUT2D eigenvalue weighted by molar-refractivity contribution is 5.86. The van der Waals surface area contributed by atoms with Crippen molar-refractivity contribution in [2.24, 2.45) is 0 Å². The van der Waals surface area contributed by atoms with Crippen LogP contribution in [-0.2, 0) is 6.42 Å². The van der Waals surface area contributed by atoms with Gasteiger partial charge in [-0.1, -0.05) is 47.5 Å². The number of aryl methyl sites for hydroxylation is 6. The summed E-state index contributed by atoms with van der Waals surface area (Å²) in [6.45, 7) is 13.2. The lowest BCUT2D eigenvalue weighted by Crippen LogP contribution is -1.92. The Balaban J connectivity index is 1.66. The summed E-state index contributed by atoms with van der Waals surface area (Å²) in [5.41, 5.74) is 18.8. The summed E-state index contributed by atoms with van der Waals surface area (Å²) >= 11 is 0. The van der Waals surface area contributed by atoms with Crippen molar-refractivity contribution in [1.82, 2.24) is 0 Å². The molecule has 0 heteroatoms. The molecule has 1 aliphatic carbocycles. The summed E-state index contributed by atoms with van der Waals surface area (Å²) in [7, 11) is 0. The van der Waals surface area contributed by atoms with Gasteiger partial charge in [-0.3, -0.25) is 0 Å². The minimum atomic E-state index is 0.975. The first-order chi connectivity index (χ1) is 14.8. The molecule has 4 aromatic rings. The second-order valence-electron chi connectivity index (χ2n) is 9.38.